The molecular weight excluding hydrogens is 284 g/mol. The SMILES string of the molecule is CC(C)OCCNC(=O)Nc1ccc(C(=O)O)cc1Cl. The molecule has 0 aromatic heterocycles. The number of nitrogens with one attached hydrogen (secondary N) is 2. The molecule has 1 aromatic carbocycles. The molecule has 0 aliphatic carbocycles. The van der Waals surface area contributed by atoms with E-state index in [4.69, 9.17) is 21.4 Å². The van der Waals surface area contributed by atoms with Gasteiger partial charge in [-0.25, -0.2) is 9.59 Å². The smallest absolute Gasteiger partial charge is 0.335 e. The van der Waals surface area contributed by atoms with Crippen molar-refractivity contribution < 1.29 is 19.4 Å². The molecule has 0 atom stereocenters. The second kappa shape index (κ2) is 7.72. The number of amides is 2. The lowest BCUT2D eigenvalue weighted by Gasteiger charge is -2.11. The minimum absolute atomic E-state index is 0.0614. The molecule has 7 heteroatoms. The fourth-order valence-electron chi connectivity index (χ4n) is 1.38. The Kier molecular flexibility index (Phi) is 6.27. The van der Waals surface area contributed by atoms with E-state index >= 15 is 0 Å². The van der Waals surface area contributed by atoms with Crippen LogP contribution >= 0.6 is 11.6 Å². The van der Waals surface area contributed by atoms with E-state index in [1.165, 1.54) is 18.2 Å². The molecule has 0 radical (unpaired) electrons. The van der Waals surface area contributed by atoms with Crippen LogP contribution in [0.25, 0.3) is 0 Å². The molecule has 0 bridgehead atoms. The number of ether oxygens (including phenoxy) is 1. The molecule has 0 saturated carbocycles. The van der Waals surface area contributed by atoms with Crippen molar-refractivity contribution in [1.29, 1.82) is 0 Å². The molecule has 0 heterocycles. The van der Waals surface area contributed by atoms with Crippen LogP contribution in [0.4, 0.5) is 10.5 Å². The van der Waals surface area contributed by atoms with Crippen molar-refractivity contribution in [3.05, 3.63) is 28.8 Å². The van der Waals surface area contributed by atoms with Crippen LogP contribution in [-0.4, -0.2) is 36.4 Å². The van der Waals surface area contributed by atoms with Crippen LogP contribution in [-0.2, 0) is 4.74 Å². The molecule has 3 N–H and O–H groups in total. The van der Waals surface area contributed by atoms with Crippen molar-refractivity contribution in [2.45, 2.75) is 20.0 Å². The number of aromatic carboxylic acids is 1. The van der Waals surface area contributed by atoms with Crippen molar-refractivity contribution >= 4 is 29.3 Å². The molecule has 0 aliphatic rings. The van der Waals surface area contributed by atoms with Crippen LogP contribution in [0.1, 0.15) is 24.2 Å². The highest BCUT2D eigenvalue weighted by atomic mass is 35.5. The predicted molar refractivity (Wildman–Crippen MR) is 76.5 cm³/mol. The van der Waals surface area contributed by atoms with Gasteiger partial charge in [0.25, 0.3) is 0 Å². The summed E-state index contributed by atoms with van der Waals surface area (Å²) in [6.45, 7) is 4.60. The Hall–Kier alpha value is -1.79. The number of carboxylic acid groups (broad SMARTS) is 1. The molecule has 0 spiro atoms. The van der Waals surface area contributed by atoms with Crippen molar-refractivity contribution in [3.63, 3.8) is 0 Å². The fourth-order valence-corrected chi connectivity index (χ4v) is 1.60. The molecule has 1 aromatic rings. The number of benzene rings is 1. The lowest BCUT2D eigenvalue weighted by atomic mass is 10.2. The van der Waals surface area contributed by atoms with Gasteiger partial charge in [-0.2, -0.15) is 0 Å². The normalized spacial score (nSPS) is 10.4. The first-order valence-electron chi connectivity index (χ1n) is 6.09. The average molecular weight is 301 g/mol. The summed E-state index contributed by atoms with van der Waals surface area (Å²) in [5, 5.41) is 14.1. The fraction of sp³-hybridized carbons (Fsp3) is 0.385. The Bertz CT molecular complexity index is 491. The maximum absolute atomic E-state index is 11.6. The summed E-state index contributed by atoms with van der Waals surface area (Å²) in [4.78, 5) is 22.3. The van der Waals surface area contributed by atoms with E-state index in [-0.39, 0.29) is 16.7 Å². The first-order valence-corrected chi connectivity index (χ1v) is 6.47. The van der Waals surface area contributed by atoms with E-state index in [0.717, 1.165) is 0 Å². The van der Waals surface area contributed by atoms with Crippen LogP contribution in [0, 0.1) is 0 Å². The number of carboxylic acids is 1. The third-order valence-corrected chi connectivity index (χ3v) is 2.62. The Labute approximate surface area is 122 Å². The molecule has 0 fully saturated rings. The summed E-state index contributed by atoms with van der Waals surface area (Å²) in [6, 6.07) is 3.66. The first kappa shape index (κ1) is 16.3. The van der Waals surface area contributed by atoms with Gasteiger partial charge in [-0.1, -0.05) is 11.6 Å². The number of carbonyl (C=O) groups excluding carboxylic acids is 1. The maximum atomic E-state index is 11.6. The van der Waals surface area contributed by atoms with Crippen LogP contribution in [0.5, 0.6) is 0 Å². The van der Waals surface area contributed by atoms with Gasteiger partial charge in [-0.05, 0) is 32.0 Å². The molecule has 6 nitrogen and oxygen atoms in total. The van der Waals surface area contributed by atoms with E-state index in [1.54, 1.807) is 0 Å². The summed E-state index contributed by atoms with van der Waals surface area (Å²) < 4.78 is 5.27. The first-order chi connectivity index (χ1) is 9.40. The molecule has 20 heavy (non-hydrogen) atoms. The van der Waals surface area contributed by atoms with E-state index in [2.05, 4.69) is 10.6 Å². The zero-order valence-corrected chi connectivity index (χ0v) is 12.0. The molecule has 2 amide bonds. The van der Waals surface area contributed by atoms with E-state index in [0.29, 0.717) is 18.8 Å². The van der Waals surface area contributed by atoms with Gasteiger partial charge in [0, 0.05) is 6.54 Å². The number of anilines is 1. The molecule has 110 valence electrons. The van der Waals surface area contributed by atoms with Crippen molar-refractivity contribution in [1.82, 2.24) is 5.32 Å². The highest BCUT2D eigenvalue weighted by molar-refractivity contribution is 6.34. The Morgan fingerprint density at radius 2 is 2.10 bits per heavy atom. The van der Waals surface area contributed by atoms with E-state index in [1.807, 2.05) is 13.8 Å². The molecule has 0 unspecified atom stereocenters. The zero-order valence-electron chi connectivity index (χ0n) is 11.3. The summed E-state index contributed by atoms with van der Waals surface area (Å²) in [6.07, 6.45) is 0.109. The second-order valence-electron chi connectivity index (χ2n) is 4.30. The van der Waals surface area contributed by atoms with Crippen LogP contribution in [0.3, 0.4) is 0 Å². The van der Waals surface area contributed by atoms with E-state index < -0.39 is 12.0 Å². The minimum Gasteiger partial charge on any atom is -0.478 e. The largest absolute Gasteiger partial charge is 0.478 e. The van der Waals surface area contributed by atoms with Gasteiger partial charge in [0.1, 0.15) is 0 Å². The highest BCUT2D eigenvalue weighted by Gasteiger charge is 2.09. The van der Waals surface area contributed by atoms with Crippen LogP contribution in [0.2, 0.25) is 5.02 Å². The predicted octanol–water partition coefficient (Wildman–Crippen LogP) is 2.58. The van der Waals surface area contributed by atoms with Gasteiger partial charge in [-0.3, -0.25) is 0 Å². The number of hydrogen-bond donors (Lipinski definition) is 3. The molecular formula is C13H17ClN2O4. The van der Waals surface area contributed by atoms with Crippen molar-refractivity contribution in [2.75, 3.05) is 18.5 Å². The van der Waals surface area contributed by atoms with Crippen LogP contribution < -0.4 is 10.6 Å². The van der Waals surface area contributed by atoms with Gasteiger partial charge in [0.05, 0.1) is 29.0 Å². The molecule has 0 saturated heterocycles. The molecule has 0 aliphatic heterocycles. The van der Waals surface area contributed by atoms with Gasteiger partial charge in [0.2, 0.25) is 0 Å². The lowest BCUT2D eigenvalue weighted by molar-refractivity contribution is 0.0697. The summed E-state index contributed by atoms with van der Waals surface area (Å²) in [7, 11) is 0. The minimum atomic E-state index is -1.08. The van der Waals surface area contributed by atoms with Gasteiger partial charge in [-0.15, -0.1) is 0 Å². The Balaban J connectivity index is 2.48. The standard InChI is InChI=1S/C13H17ClN2O4/c1-8(2)20-6-5-15-13(19)16-11-4-3-9(12(17)18)7-10(11)14/h3-4,7-8H,5-6H2,1-2H3,(H,17,18)(H2,15,16,19). The summed E-state index contributed by atoms with van der Waals surface area (Å²) in [5.41, 5.74) is 0.408. The second-order valence-corrected chi connectivity index (χ2v) is 4.71. The maximum Gasteiger partial charge on any atom is 0.335 e. The third-order valence-electron chi connectivity index (χ3n) is 2.30. The van der Waals surface area contributed by atoms with Gasteiger partial charge < -0.3 is 20.5 Å². The van der Waals surface area contributed by atoms with Crippen LogP contribution in [0.15, 0.2) is 18.2 Å². The van der Waals surface area contributed by atoms with Gasteiger partial charge in [0.15, 0.2) is 0 Å². The van der Waals surface area contributed by atoms with Crippen molar-refractivity contribution in [3.8, 4) is 0 Å². The lowest BCUT2D eigenvalue weighted by Crippen LogP contribution is -2.32. The molecule has 1 rings (SSSR count). The number of halogens is 1. The Morgan fingerprint density at radius 1 is 1.40 bits per heavy atom. The highest BCUT2D eigenvalue weighted by Crippen LogP contribution is 2.22. The number of rotatable bonds is 6. The summed E-state index contributed by atoms with van der Waals surface area (Å²) in [5.74, 6) is -1.08. The summed E-state index contributed by atoms with van der Waals surface area (Å²) >= 11 is 5.89. The monoisotopic (exact) mass is 300 g/mol. The number of hydrogen-bond acceptors (Lipinski definition) is 3. The van der Waals surface area contributed by atoms with Crippen molar-refractivity contribution in [2.24, 2.45) is 0 Å². The number of carbonyl (C=O) groups is 2. The topological polar surface area (TPSA) is 87.7 Å². The average Bonchev–Trinajstić information content (AvgIpc) is 2.36. The quantitative estimate of drug-likeness (QED) is 0.705. The zero-order chi connectivity index (χ0) is 15.1. The van der Waals surface area contributed by atoms with Gasteiger partial charge >= 0.3 is 12.0 Å². The third kappa shape index (κ3) is 5.46. The number of urea groups is 1. The van der Waals surface area contributed by atoms with E-state index in [9.17, 15) is 9.59 Å². The Morgan fingerprint density at radius 3 is 2.65 bits per heavy atom.